The van der Waals surface area contributed by atoms with E-state index >= 15 is 0 Å². The van der Waals surface area contributed by atoms with Gasteiger partial charge in [-0.2, -0.15) is 0 Å². The lowest BCUT2D eigenvalue weighted by atomic mass is 9.95. The van der Waals surface area contributed by atoms with Crippen LogP contribution in [-0.4, -0.2) is 23.3 Å². The van der Waals surface area contributed by atoms with Crippen molar-refractivity contribution in [2.45, 2.75) is 51.5 Å². The maximum Gasteiger partial charge on any atom is 0.293 e. The standard InChI is InChI=1S/C17H22N2O3/c1-12(20)14-8-9-16(17(11-14)19(21)22)18-10-4-7-15(18)13-5-2-3-6-13/h8-9,11,13,15H,2-7,10H2,1H3/t15-/m1/s1. The van der Waals surface area contributed by atoms with Crippen molar-refractivity contribution in [1.82, 2.24) is 0 Å². The van der Waals surface area contributed by atoms with Crippen LogP contribution in [-0.2, 0) is 0 Å². The molecule has 1 atom stereocenters. The number of Topliss-reactive ketones (excluding diaryl/α,β-unsaturated/α-hetero) is 1. The van der Waals surface area contributed by atoms with E-state index in [2.05, 4.69) is 4.90 Å². The molecule has 0 amide bonds. The summed E-state index contributed by atoms with van der Waals surface area (Å²) >= 11 is 0. The molecule has 0 N–H and O–H groups in total. The van der Waals surface area contributed by atoms with Crippen LogP contribution < -0.4 is 4.90 Å². The van der Waals surface area contributed by atoms with Crippen LogP contribution in [0.4, 0.5) is 11.4 Å². The van der Waals surface area contributed by atoms with Gasteiger partial charge in [0.05, 0.1) is 4.92 Å². The summed E-state index contributed by atoms with van der Waals surface area (Å²) in [4.78, 5) is 24.8. The summed E-state index contributed by atoms with van der Waals surface area (Å²) in [5, 5.41) is 11.4. The summed E-state index contributed by atoms with van der Waals surface area (Å²) < 4.78 is 0. The van der Waals surface area contributed by atoms with Gasteiger partial charge in [0.1, 0.15) is 5.69 Å². The van der Waals surface area contributed by atoms with Gasteiger partial charge in [-0.3, -0.25) is 14.9 Å². The summed E-state index contributed by atoms with van der Waals surface area (Å²) in [6.07, 6.45) is 7.24. The van der Waals surface area contributed by atoms with E-state index in [1.54, 1.807) is 12.1 Å². The highest BCUT2D eigenvalue weighted by Crippen LogP contribution is 2.40. The Balaban J connectivity index is 1.95. The Bertz CT molecular complexity index is 594. The maximum absolute atomic E-state index is 11.5. The van der Waals surface area contributed by atoms with Crippen molar-refractivity contribution < 1.29 is 9.72 Å². The monoisotopic (exact) mass is 302 g/mol. The molecule has 0 aromatic heterocycles. The molecular weight excluding hydrogens is 280 g/mol. The lowest BCUT2D eigenvalue weighted by Crippen LogP contribution is -2.35. The molecule has 1 saturated heterocycles. The fraction of sp³-hybridized carbons (Fsp3) is 0.588. The Morgan fingerprint density at radius 1 is 1.23 bits per heavy atom. The average molecular weight is 302 g/mol. The highest BCUT2D eigenvalue weighted by Gasteiger charge is 2.36. The number of nitrogens with zero attached hydrogens (tertiary/aromatic N) is 2. The van der Waals surface area contributed by atoms with Gasteiger partial charge in [0.25, 0.3) is 5.69 Å². The molecule has 5 nitrogen and oxygen atoms in total. The van der Waals surface area contributed by atoms with Crippen molar-refractivity contribution in [3.63, 3.8) is 0 Å². The van der Waals surface area contributed by atoms with Gasteiger partial charge in [0.15, 0.2) is 5.78 Å². The minimum Gasteiger partial charge on any atom is -0.363 e. The van der Waals surface area contributed by atoms with E-state index in [1.807, 2.05) is 0 Å². The molecule has 1 aliphatic carbocycles. The van der Waals surface area contributed by atoms with Crippen molar-refractivity contribution >= 4 is 17.2 Å². The molecule has 0 unspecified atom stereocenters. The van der Waals surface area contributed by atoms with Gasteiger partial charge in [-0.1, -0.05) is 12.8 Å². The number of anilines is 1. The van der Waals surface area contributed by atoms with Gasteiger partial charge < -0.3 is 4.90 Å². The normalized spacial score (nSPS) is 22.2. The highest BCUT2D eigenvalue weighted by atomic mass is 16.6. The lowest BCUT2D eigenvalue weighted by Gasteiger charge is -2.31. The van der Waals surface area contributed by atoms with Crippen LogP contribution in [0, 0.1) is 16.0 Å². The third kappa shape index (κ3) is 2.72. The fourth-order valence-corrected chi connectivity index (χ4v) is 4.06. The maximum atomic E-state index is 11.5. The summed E-state index contributed by atoms with van der Waals surface area (Å²) in [6.45, 7) is 2.32. The number of carbonyl (C=O) groups is 1. The Labute approximate surface area is 130 Å². The molecular formula is C17H22N2O3. The molecule has 1 heterocycles. The van der Waals surface area contributed by atoms with Gasteiger partial charge in [-0.05, 0) is 50.7 Å². The molecule has 1 aromatic carbocycles. The first-order valence-electron chi connectivity index (χ1n) is 8.14. The number of rotatable bonds is 4. The van der Waals surface area contributed by atoms with Crippen LogP contribution in [0.3, 0.4) is 0 Å². The van der Waals surface area contributed by atoms with E-state index < -0.39 is 0 Å². The van der Waals surface area contributed by atoms with E-state index in [1.165, 1.54) is 38.7 Å². The molecule has 2 aliphatic rings. The predicted octanol–water partition coefficient (Wildman–Crippen LogP) is 3.96. The van der Waals surface area contributed by atoms with Gasteiger partial charge in [-0.15, -0.1) is 0 Å². The lowest BCUT2D eigenvalue weighted by molar-refractivity contribution is -0.384. The van der Waals surface area contributed by atoms with E-state index in [-0.39, 0.29) is 16.4 Å². The minimum atomic E-state index is -0.355. The largest absolute Gasteiger partial charge is 0.363 e. The summed E-state index contributed by atoms with van der Waals surface area (Å²) in [7, 11) is 0. The molecule has 0 radical (unpaired) electrons. The molecule has 3 rings (SSSR count). The molecule has 2 fully saturated rings. The average Bonchev–Trinajstić information content (AvgIpc) is 3.17. The molecule has 1 saturated carbocycles. The first-order valence-corrected chi connectivity index (χ1v) is 8.14. The summed E-state index contributed by atoms with van der Waals surface area (Å²) in [6, 6.07) is 5.34. The van der Waals surface area contributed by atoms with Crippen LogP contribution in [0.1, 0.15) is 55.8 Å². The Morgan fingerprint density at radius 3 is 2.59 bits per heavy atom. The van der Waals surface area contributed by atoms with Crippen molar-refractivity contribution in [3.05, 3.63) is 33.9 Å². The fourth-order valence-electron chi connectivity index (χ4n) is 4.06. The highest BCUT2D eigenvalue weighted by molar-refractivity contribution is 5.95. The van der Waals surface area contributed by atoms with Crippen LogP contribution in [0.25, 0.3) is 0 Å². The second-order valence-electron chi connectivity index (χ2n) is 6.46. The summed E-state index contributed by atoms with van der Waals surface area (Å²) in [5.74, 6) is 0.526. The zero-order valence-electron chi connectivity index (χ0n) is 13.0. The van der Waals surface area contributed by atoms with E-state index in [0.717, 1.165) is 19.4 Å². The first kappa shape index (κ1) is 15.0. The molecule has 5 heteroatoms. The number of hydrogen-bond donors (Lipinski definition) is 0. The molecule has 22 heavy (non-hydrogen) atoms. The second kappa shape index (κ2) is 6.07. The van der Waals surface area contributed by atoms with E-state index in [4.69, 9.17) is 0 Å². The number of nitro groups is 1. The number of ketones is 1. The quantitative estimate of drug-likeness (QED) is 0.480. The Kier molecular flexibility index (Phi) is 4.14. The van der Waals surface area contributed by atoms with Crippen molar-refractivity contribution in [2.75, 3.05) is 11.4 Å². The third-order valence-electron chi connectivity index (χ3n) is 5.13. The zero-order chi connectivity index (χ0) is 15.7. The van der Waals surface area contributed by atoms with Gasteiger partial charge in [0.2, 0.25) is 0 Å². The summed E-state index contributed by atoms with van der Waals surface area (Å²) in [5.41, 5.74) is 1.16. The Morgan fingerprint density at radius 2 is 1.95 bits per heavy atom. The number of benzene rings is 1. The van der Waals surface area contributed by atoms with Crippen LogP contribution in [0.15, 0.2) is 18.2 Å². The molecule has 0 bridgehead atoms. The number of hydrogen-bond acceptors (Lipinski definition) is 4. The molecule has 118 valence electrons. The smallest absolute Gasteiger partial charge is 0.293 e. The van der Waals surface area contributed by atoms with Crippen LogP contribution in [0.2, 0.25) is 0 Å². The molecule has 0 spiro atoms. The Hall–Kier alpha value is -1.91. The van der Waals surface area contributed by atoms with Crippen molar-refractivity contribution in [1.29, 1.82) is 0 Å². The molecule has 1 aromatic rings. The predicted molar refractivity (Wildman–Crippen MR) is 85.4 cm³/mol. The number of nitro benzene ring substituents is 1. The van der Waals surface area contributed by atoms with Crippen LogP contribution >= 0.6 is 0 Å². The van der Waals surface area contributed by atoms with Crippen LogP contribution in [0.5, 0.6) is 0 Å². The zero-order valence-corrected chi connectivity index (χ0v) is 13.0. The first-order chi connectivity index (χ1) is 10.6. The van der Waals surface area contributed by atoms with Crippen molar-refractivity contribution in [3.8, 4) is 0 Å². The minimum absolute atomic E-state index is 0.0672. The van der Waals surface area contributed by atoms with Crippen molar-refractivity contribution in [2.24, 2.45) is 5.92 Å². The topological polar surface area (TPSA) is 63.5 Å². The number of carbonyl (C=O) groups excluding carboxylic acids is 1. The third-order valence-corrected chi connectivity index (χ3v) is 5.13. The van der Waals surface area contributed by atoms with E-state index in [9.17, 15) is 14.9 Å². The van der Waals surface area contributed by atoms with Gasteiger partial charge >= 0.3 is 0 Å². The molecule has 1 aliphatic heterocycles. The second-order valence-corrected chi connectivity index (χ2v) is 6.46. The SMILES string of the molecule is CC(=O)c1ccc(N2CCC[C@@H]2C2CCCC2)c([N+](=O)[O-])c1. The van der Waals surface area contributed by atoms with Gasteiger partial charge in [0, 0.05) is 24.2 Å². The van der Waals surface area contributed by atoms with Gasteiger partial charge in [-0.25, -0.2) is 0 Å². The van der Waals surface area contributed by atoms with E-state index in [0.29, 0.717) is 23.2 Å².